The molecule has 1 saturated carbocycles. The van der Waals surface area contributed by atoms with Crippen molar-refractivity contribution in [3.05, 3.63) is 24.0 Å². The lowest BCUT2D eigenvalue weighted by Gasteiger charge is -2.45. The van der Waals surface area contributed by atoms with Gasteiger partial charge in [0.2, 0.25) is 0 Å². The van der Waals surface area contributed by atoms with Gasteiger partial charge in [-0.2, -0.15) is 0 Å². The highest BCUT2D eigenvalue weighted by Gasteiger charge is 2.40. The normalized spacial score (nSPS) is 28.9. The number of rotatable bonds is 2. The summed E-state index contributed by atoms with van der Waals surface area (Å²) < 4.78 is 19.4. The van der Waals surface area contributed by atoms with Gasteiger partial charge in [-0.15, -0.1) is 0 Å². The maximum Gasteiger partial charge on any atom is 0.143 e. The molecule has 20 heavy (non-hydrogen) atoms. The summed E-state index contributed by atoms with van der Waals surface area (Å²) in [4.78, 5) is 0. The molecule has 2 nitrogen and oxygen atoms in total. The number of benzene rings is 1. The summed E-state index contributed by atoms with van der Waals surface area (Å²) in [6.45, 7) is 6.98. The van der Waals surface area contributed by atoms with Crippen molar-refractivity contribution < 1.29 is 9.13 Å². The minimum absolute atomic E-state index is 0.209. The number of halogens is 1. The van der Waals surface area contributed by atoms with Crippen LogP contribution in [0.1, 0.15) is 46.5 Å². The minimum Gasteiger partial charge on any atom is -0.486 e. The van der Waals surface area contributed by atoms with Crippen LogP contribution in [0.5, 0.6) is 5.75 Å². The van der Waals surface area contributed by atoms with E-state index in [-0.39, 0.29) is 11.9 Å². The second kappa shape index (κ2) is 4.94. The molecule has 3 rings (SSSR count). The van der Waals surface area contributed by atoms with Crippen molar-refractivity contribution >= 4 is 5.69 Å². The lowest BCUT2D eigenvalue weighted by molar-refractivity contribution is 0.0612. The number of ether oxygens (including phenoxy) is 1. The predicted octanol–water partition coefficient (Wildman–Crippen LogP) is 4.60. The van der Waals surface area contributed by atoms with Gasteiger partial charge in [0.15, 0.2) is 0 Å². The lowest BCUT2D eigenvalue weighted by atomic mass is 9.67. The molecule has 110 valence electrons. The van der Waals surface area contributed by atoms with Gasteiger partial charge >= 0.3 is 0 Å². The van der Waals surface area contributed by atoms with Crippen LogP contribution in [0.3, 0.4) is 0 Å². The SMILES string of the molecule is CCC(C)(C)C1CCC2Oc3ccc(F)cc3NC2C1. The van der Waals surface area contributed by atoms with Gasteiger partial charge < -0.3 is 10.1 Å². The van der Waals surface area contributed by atoms with Gasteiger partial charge in [-0.1, -0.05) is 27.2 Å². The molecule has 1 aliphatic carbocycles. The highest BCUT2D eigenvalue weighted by Crippen LogP contribution is 2.44. The molecule has 0 spiro atoms. The van der Waals surface area contributed by atoms with Crippen LogP contribution in [0.15, 0.2) is 18.2 Å². The molecule has 2 aliphatic rings. The van der Waals surface area contributed by atoms with Gasteiger partial charge in [-0.3, -0.25) is 0 Å². The van der Waals surface area contributed by atoms with Gasteiger partial charge in [0.25, 0.3) is 0 Å². The third-order valence-corrected chi connectivity index (χ3v) is 5.36. The van der Waals surface area contributed by atoms with E-state index in [1.807, 2.05) is 0 Å². The number of hydrogen-bond donors (Lipinski definition) is 1. The quantitative estimate of drug-likeness (QED) is 0.852. The summed E-state index contributed by atoms with van der Waals surface area (Å²) in [5, 5.41) is 3.50. The zero-order chi connectivity index (χ0) is 14.3. The molecular formula is C17H24FNO. The standard InChI is InChI=1S/C17H24FNO/c1-4-17(2,3)11-5-7-15-13(9-11)19-14-10-12(18)6-8-16(14)20-15/h6,8,10-11,13,15,19H,4-5,7,9H2,1-3H3. The van der Waals surface area contributed by atoms with Crippen LogP contribution in [0, 0.1) is 17.2 Å². The van der Waals surface area contributed by atoms with E-state index in [0.29, 0.717) is 17.4 Å². The number of nitrogens with one attached hydrogen (secondary N) is 1. The summed E-state index contributed by atoms with van der Waals surface area (Å²) in [6.07, 6.45) is 4.85. The van der Waals surface area contributed by atoms with E-state index in [1.165, 1.54) is 18.9 Å². The summed E-state index contributed by atoms with van der Waals surface area (Å²) in [5.74, 6) is 1.29. The van der Waals surface area contributed by atoms with Gasteiger partial charge in [-0.05, 0) is 42.7 Å². The van der Waals surface area contributed by atoms with Crippen molar-refractivity contribution in [3.63, 3.8) is 0 Å². The first kappa shape index (κ1) is 13.7. The molecule has 1 heterocycles. The van der Waals surface area contributed by atoms with Crippen LogP contribution in [-0.4, -0.2) is 12.1 Å². The first-order valence-electron chi connectivity index (χ1n) is 7.72. The Labute approximate surface area is 120 Å². The zero-order valence-electron chi connectivity index (χ0n) is 12.6. The third-order valence-electron chi connectivity index (χ3n) is 5.36. The molecule has 3 heteroatoms. The smallest absolute Gasteiger partial charge is 0.143 e. The fraction of sp³-hybridized carbons (Fsp3) is 0.647. The van der Waals surface area contributed by atoms with Crippen molar-refractivity contribution in [2.75, 3.05) is 5.32 Å². The Balaban J connectivity index is 1.78. The molecule has 1 aromatic carbocycles. The molecule has 1 aliphatic heterocycles. The maximum atomic E-state index is 13.3. The molecule has 0 saturated heterocycles. The molecule has 0 aromatic heterocycles. The molecular weight excluding hydrogens is 253 g/mol. The first-order valence-corrected chi connectivity index (χ1v) is 7.72. The number of hydrogen-bond acceptors (Lipinski definition) is 2. The highest BCUT2D eigenvalue weighted by molar-refractivity contribution is 5.59. The number of fused-ring (bicyclic) bond motifs is 2. The molecule has 3 atom stereocenters. The predicted molar refractivity (Wildman–Crippen MR) is 79.6 cm³/mol. The van der Waals surface area contributed by atoms with E-state index in [0.717, 1.165) is 24.3 Å². The van der Waals surface area contributed by atoms with E-state index >= 15 is 0 Å². The second-order valence-corrected chi connectivity index (χ2v) is 6.90. The van der Waals surface area contributed by atoms with Crippen LogP contribution < -0.4 is 10.1 Å². The van der Waals surface area contributed by atoms with Crippen molar-refractivity contribution in [2.45, 2.75) is 58.6 Å². The Morgan fingerprint density at radius 3 is 2.90 bits per heavy atom. The summed E-state index contributed by atoms with van der Waals surface area (Å²) in [7, 11) is 0. The van der Waals surface area contributed by atoms with Gasteiger partial charge in [0, 0.05) is 6.07 Å². The summed E-state index contributed by atoms with van der Waals surface area (Å²) in [5.41, 5.74) is 1.18. The molecule has 0 amide bonds. The van der Waals surface area contributed by atoms with E-state index in [9.17, 15) is 4.39 Å². The Hall–Kier alpha value is -1.25. The monoisotopic (exact) mass is 277 g/mol. The van der Waals surface area contributed by atoms with Gasteiger partial charge in [0.05, 0.1) is 11.7 Å². The van der Waals surface area contributed by atoms with Gasteiger partial charge in [0.1, 0.15) is 17.7 Å². The van der Waals surface area contributed by atoms with Crippen molar-refractivity contribution in [3.8, 4) is 5.75 Å². The fourth-order valence-corrected chi connectivity index (χ4v) is 3.51. The average molecular weight is 277 g/mol. The zero-order valence-corrected chi connectivity index (χ0v) is 12.6. The molecule has 3 unspecified atom stereocenters. The van der Waals surface area contributed by atoms with Crippen LogP contribution in [0.25, 0.3) is 0 Å². The second-order valence-electron chi connectivity index (χ2n) is 6.90. The van der Waals surface area contributed by atoms with E-state index in [1.54, 1.807) is 12.1 Å². The number of anilines is 1. The molecule has 1 aromatic rings. The Morgan fingerprint density at radius 1 is 1.35 bits per heavy atom. The Kier molecular flexibility index (Phi) is 3.39. The van der Waals surface area contributed by atoms with E-state index in [2.05, 4.69) is 26.1 Å². The average Bonchev–Trinajstić information content (AvgIpc) is 2.44. The maximum absolute atomic E-state index is 13.3. The van der Waals surface area contributed by atoms with Crippen molar-refractivity contribution in [2.24, 2.45) is 11.3 Å². The van der Waals surface area contributed by atoms with Crippen LogP contribution >= 0.6 is 0 Å². The Morgan fingerprint density at radius 2 is 2.15 bits per heavy atom. The van der Waals surface area contributed by atoms with E-state index < -0.39 is 0 Å². The summed E-state index contributed by atoms with van der Waals surface area (Å²) >= 11 is 0. The van der Waals surface area contributed by atoms with Crippen LogP contribution in [0.4, 0.5) is 10.1 Å². The third kappa shape index (κ3) is 2.38. The molecule has 1 fully saturated rings. The van der Waals surface area contributed by atoms with Crippen LogP contribution in [-0.2, 0) is 0 Å². The lowest BCUT2D eigenvalue weighted by Crippen LogP contribution is -2.48. The Bertz CT molecular complexity index is 500. The topological polar surface area (TPSA) is 21.3 Å². The largest absolute Gasteiger partial charge is 0.486 e. The van der Waals surface area contributed by atoms with Crippen LogP contribution in [0.2, 0.25) is 0 Å². The minimum atomic E-state index is -0.209. The molecule has 1 N–H and O–H groups in total. The van der Waals surface area contributed by atoms with Crippen molar-refractivity contribution in [1.29, 1.82) is 0 Å². The highest BCUT2D eigenvalue weighted by atomic mass is 19.1. The fourth-order valence-electron chi connectivity index (χ4n) is 3.51. The first-order chi connectivity index (χ1) is 9.49. The van der Waals surface area contributed by atoms with E-state index in [4.69, 9.17) is 4.74 Å². The van der Waals surface area contributed by atoms with Crippen molar-refractivity contribution in [1.82, 2.24) is 0 Å². The molecule has 0 bridgehead atoms. The molecule has 0 radical (unpaired) electrons. The summed E-state index contributed by atoms with van der Waals surface area (Å²) in [6, 6.07) is 5.05. The van der Waals surface area contributed by atoms with Gasteiger partial charge in [-0.25, -0.2) is 4.39 Å².